The largest absolute Gasteiger partial charge is 0.489 e. The van der Waals surface area contributed by atoms with Crippen molar-refractivity contribution in [3.8, 4) is 5.75 Å². The molecule has 0 aliphatic carbocycles. The van der Waals surface area contributed by atoms with Crippen LogP contribution >= 0.6 is 0 Å². The van der Waals surface area contributed by atoms with E-state index in [0.29, 0.717) is 12.2 Å². The summed E-state index contributed by atoms with van der Waals surface area (Å²) in [5.41, 5.74) is 5.12. The summed E-state index contributed by atoms with van der Waals surface area (Å²) >= 11 is 0. The minimum Gasteiger partial charge on any atom is -0.489 e. The zero-order valence-electron chi connectivity index (χ0n) is 21.1. The lowest BCUT2D eigenvalue weighted by atomic mass is 10.1. The molecular weight excluding hydrogens is 458 g/mol. The number of anilines is 1. The Morgan fingerprint density at radius 3 is 1.70 bits per heavy atom. The van der Waals surface area contributed by atoms with E-state index in [-0.39, 0.29) is 5.91 Å². The minimum absolute atomic E-state index is 0.112. The van der Waals surface area contributed by atoms with Crippen LogP contribution in [0.4, 0.5) is 5.69 Å². The molecule has 0 unspecified atom stereocenters. The van der Waals surface area contributed by atoms with E-state index in [1.807, 2.05) is 66.7 Å². The Bertz CT molecular complexity index is 1250. The van der Waals surface area contributed by atoms with E-state index in [0.717, 1.165) is 56.3 Å². The smallest absolute Gasteiger partial charge is 0.255 e. The Morgan fingerprint density at radius 1 is 0.622 bits per heavy atom. The SMILES string of the molecule is O=C(Nc1ccc(OCc2ccccc2)cc1)c1ccc(CN2CCN(Cc3ccccc3)CC2)cc1. The van der Waals surface area contributed by atoms with Gasteiger partial charge in [-0.3, -0.25) is 14.6 Å². The molecule has 0 spiro atoms. The van der Waals surface area contributed by atoms with Crippen molar-refractivity contribution in [3.05, 3.63) is 131 Å². The average Bonchev–Trinajstić information content (AvgIpc) is 2.95. The molecule has 0 radical (unpaired) electrons. The van der Waals surface area contributed by atoms with Crippen LogP contribution in [0.2, 0.25) is 0 Å². The predicted molar refractivity (Wildman–Crippen MR) is 149 cm³/mol. The number of piperazine rings is 1. The van der Waals surface area contributed by atoms with E-state index in [9.17, 15) is 4.79 Å². The van der Waals surface area contributed by atoms with Gasteiger partial charge in [-0.05, 0) is 53.1 Å². The van der Waals surface area contributed by atoms with Crippen LogP contribution in [-0.2, 0) is 19.7 Å². The van der Waals surface area contributed by atoms with Crippen LogP contribution in [-0.4, -0.2) is 41.9 Å². The summed E-state index contributed by atoms with van der Waals surface area (Å²) < 4.78 is 5.83. The van der Waals surface area contributed by atoms with Crippen molar-refractivity contribution < 1.29 is 9.53 Å². The lowest BCUT2D eigenvalue weighted by molar-refractivity contribution is 0.102. The Kier molecular flexibility index (Phi) is 8.26. The first-order valence-electron chi connectivity index (χ1n) is 12.9. The standard InChI is InChI=1S/C32H33N3O2/c36-32(33-30-15-17-31(18-16-30)37-25-28-9-5-2-6-10-28)29-13-11-27(12-14-29)24-35-21-19-34(20-22-35)23-26-7-3-1-4-8-26/h1-18H,19-25H2,(H,33,36). The number of nitrogens with one attached hydrogen (secondary N) is 1. The molecule has 1 aliphatic rings. The van der Waals surface area contributed by atoms with E-state index in [2.05, 4.69) is 57.6 Å². The molecule has 1 N–H and O–H groups in total. The van der Waals surface area contributed by atoms with Crippen molar-refractivity contribution >= 4 is 11.6 Å². The van der Waals surface area contributed by atoms with Crippen molar-refractivity contribution in [1.82, 2.24) is 9.80 Å². The number of nitrogens with zero attached hydrogens (tertiary/aromatic N) is 2. The second-order valence-electron chi connectivity index (χ2n) is 9.49. The normalized spacial score (nSPS) is 14.3. The highest BCUT2D eigenvalue weighted by molar-refractivity contribution is 6.04. The van der Waals surface area contributed by atoms with Crippen molar-refractivity contribution in [2.45, 2.75) is 19.7 Å². The zero-order valence-corrected chi connectivity index (χ0v) is 21.1. The first-order chi connectivity index (χ1) is 18.2. The topological polar surface area (TPSA) is 44.8 Å². The maximum absolute atomic E-state index is 12.7. The average molecular weight is 492 g/mol. The fraction of sp³-hybridized carbons (Fsp3) is 0.219. The molecule has 0 atom stereocenters. The molecule has 4 aromatic carbocycles. The highest BCUT2D eigenvalue weighted by atomic mass is 16.5. The third-order valence-corrected chi connectivity index (χ3v) is 6.70. The molecule has 1 aliphatic heterocycles. The van der Waals surface area contributed by atoms with Crippen molar-refractivity contribution in [2.75, 3.05) is 31.5 Å². The van der Waals surface area contributed by atoms with Crippen LogP contribution in [0.15, 0.2) is 109 Å². The van der Waals surface area contributed by atoms with Gasteiger partial charge in [0.05, 0.1) is 0 Å². The molecule has 0 bridgehead atoms. The van der Waals surface area contributed by atoms with E-state index in [4.69, 9.17) is 4.74 Å². The summed E-state index contributed by atoms with van der Waals surface area (Å²) in [5, 5.41) is 2.97. The Balaban J connectivity index is 1.06. The summed E-state index contributed by atoms with van der Waals surface area (Å²) in [4.78, 5) is 17.7. The highest BCUT2D eigenvalue weighted by Gasteiger charge is 2.17. The number of hydrogen-bond donors (Lipinski definition) is 1. The predicted octanol–water partition coefficient (Wildman–Crippen LogP) is 5.84. The molecule has 4 aromatic rings. The summed E-state index contributed by atoms with van der Waals surface area (Å²) in [6.07, 6.45) is 0. The third kappa shape index (κ3) is 7.29. The maximum atomic E-state index is 12.7. The van der Waals surface area contributed by atoms with E-state index in [1.54, 1.807) is 0 Å². The lowest BCUT2D eigenvalue weighted by Crippen LogP contribution is -2.45. The quantitative estimate of drug-likeness (QED) is 0.320. The molecule has 5 rings (SSSR count). The van der Waals surface area contributed by atoms with E-state index in [1.165, 1.54) is 11.1 Å². The molecule has 37 heavy (non-hydrogen) atoms. The maximum Gasteiger partial charge on any atom is 0.255 e. The molecule has 5 heteroatoms. The molecule has 1 amide bonds. The highest BCUT2D eigenvalue weighted by Crippen LogP contribution is 2.18. The number of carbonyl (C=O) groups excluding carboxylic acids is 1. The number of ether oxygens (including phenoxy) is 1. The monoisotopic (exact) mass is 491 g/mol. The fourth-order valence-corrected chi connectivity index (χ4v) is 4.55. The van der Waals surface area contributed by atoms with Gasteiger partial charge in [-0.2, -0.15) is 0 Å². The number of benzene rings is 4. The van der Waals surface area contributed by atoms with Gasteiger partial charge in [0.15, 0.2) is 0 Å². The number of hydrogen-bond acceptors (Lipinski definition) is 4. The summed E-state index contributed by atoms with van der Waals surface area (Å²) in [6, 6.07) is 36.1. The zero-order chi connectivity index (χ0) is 25.3. The summed E-state index contributed by atoms with van der Waals surface area (Å²) in [6.45, 7) is 6.70. The molecule has 5 nitrogen and oxygen atoms in total. The summed E-state index contributed by atoms with van der Waals surface area (Å²) in [7, 11) is 0. The fourth-order valence-electron chi connectivity index (χ4n) is 4.55. The second-order valence-corrected chi connectivity index (χ2v) is 9.49. The van der Waals surface area contributed by atoms with Gasteiger partial charge >= 0.3 is 0 Å². The van der Waals surface area contributed by atoms with Gasteiger partial charge in [0, 0.05) is 50.5 Å². The van der Waals surface area contributed by atoms with Crippen LogP contribution < -0.4 is 10.1 Å². The van der Waals surface area contributed by atoms with Gasteiger partial charge in [0.25, 0.3) is 5.91 Å². The van der Waals surface area contributed by atoms with Crippen LogP contribution in [0.5, 0.6) is 5.75 Å². The number of carbonyl (C=O) groups is 1. The molecule has 1 saturated heterocycles. The van der Waals surface area contributed by atoms with Gasteiger partial charge in [-0.1, -0.05) is 72.8 Å². The molecule has 0 saturated carbocycles. The van der Waals surface area contributed by atoms with Crippen LogP contribution in [0, 0.1) is 0 Å². The second kappa shape index (κ2) is 12.3. The van der Waals surface area contributed by atoms with Gasteiger partial charge in [0.1, 0.15) is 12.4 Å². The van der Waals surface area contributed by atoms with Crippen molar-refractivity contribution in [1.29, 1.82) is 0 Å². The Labute approximate surface area is 219 Å². The minimum atomic E-state index is -0.112. The van der Waals surface area contributed by atoms with Gasteiger partial charge in [-0.15, -0.1) is 0 Å². The Morgan fingerprint density at radius 2 is 1.14 bits per heavy atom. The van der Waals surface area contributed by atoms with Crippen molar-refractivity contribution in [3.63, 3.8) is 0 Å². The van der Waals surface area contributed by atoms with Crippen molar-refractivity contribution in [2.24, 2.45) is 0 Å². The van der Waals surface area contributed by atoms with Crippen LogP contribution in [0.1, 0.15) is 27.0 Å². The molecule has 188 valence electrons. The first-order valence-corrected chi connectivity index (χ1v) is 12.9. The molecule has 1 fully saturated rings. The number of amides is 1. The third-order valence-electron chi connectivity index (χ3n) is 6.70. The molecular formula is C32H33N3O2. The van der Waals surface area contributed by atoms with Crippen LogP contribution in [0.3, 0.4) is 0 Å². The molecule has 0 aromatic heterocycles. The van der Waals surface area contributed by atoms with E-state index < -0.39 is 0 Å². The first kappa shape index (κ1) is 24.8. The number of rotatable bonds is 9. The van der Waals surface area contributed by atoms with Crippen LogP contribution in [0.25, 0.3) is 0 Å². The lowest BCUT2D eigenvalue weighted by Gasteiger charge is -2.34. The summed E-state index contributed by atoms with van der Waals surface area (Å²) in [5.74, 6) is 0.658. The van der Waals surface area contributed by atoms with E-state index >= 15 is 0 Å². The Hall–Kier alpha value is -3.93. The van der Waals surface area contributed by atoms with Gasteiger partial charge in [0.2, 0.25) is 0 Å². The van der Waals surface area contributed by atoms with Gasteiger partial charge < -0.3 is 10.1 Å². The molecule has 1 heterocycles. The van der Waals surface area contributed by atoms with Gasteiger partial charge in [-0.25, -0.2) is 0 Å².